The molecule has 0 unspecified atom stereocenters. The van der Waals surface area contributed by atoms with Crippen molar-refractivity contribution < 1.29 is 18.9 Å². The van der Waals surface area contributed by atoms with Crippen molar-refractivity contribution in [3.8, 4) is 23.2 Å². The molecule has 0 spiro atoms. The third kappa shape index (κ3) is 6.68. The van der Waals surface area contributed by atoms with E-state index in [0.717, 1.165) is 19.5 Å². The first-order chi connectivity index (χ1) is 19.6. The molecule has 0 aliphatic heterocycles. The number of hydrogen-bond donors (Lipinski definition) is 0. The van der Waals surface area contributed by atoms with Gasteiger partial charge in [-0.1, -0.05) is 67.4 Å². The monoisotopic (exact) mass is 603 g/mol. The summed E-state index contributed by atoms with van der Waals surface area (Å²) in [4.78, 5) is 38.7. The van der Waals surface area contributed by atoms with Gasteiger partial charge in [0.05, 0.1) is 29.4 Å². The molecule has 41 heavy (non-hydrogen) atoms. The molecule has 2 aromatic carbocycles. The largest absolute Gasteiger partial charge is 0.476 e. The summed E-state index contributed by atoms with van der Waals surface area (Å²) in [7, 11) is 2.69. The van der Waals surface area contributed by atoms with Crippen LogP contribution in [0.15, 0.2) is 62.9 Å². The molecule has 0 atom stereocenters. The Morgan fingerprint density at radius 2 is 1.59 bits per heavy atom. The van der Waals surface area contributed by atoms with Gasteiger partial charge in [-0.25, -0.2) is 9.36 Å². The van der Waals surface area contributed by atoms with Crippen LogP contribution in [-0.2, 0) is 29.5 Å². The molecule has 0 fully saturated rings. The van der Waals surface area contributed by atoms with E-state index in [1.807, 2.05) is 44.2 Å². The van der Waals surface area contributed by atoms with Crippen LogP contribution in [-0.4, -0.2) is 38.3 Å². The first kappa shape index (κ1) is 30.0. The average Bonchev–Trinajstić information content (AvgIpc) is 2.94. The van der Waals surface area contributed by atoms with Crippen LogP contribution in [0.5, 0.6) is 17.5 Å². The third-order valence-corrected chi connectivity index (χ3v) is 6.41. The SMILES string of the molecule is COCn1nc(Oc2c(Cl)cc(-n3nc(OC)c(=O)n(COCc4ccccc4)c3=O)cc2Cl)cc(C(C)C)c1=O. The van der Waals surface area contributed by atoms with Gasteiger partial charge in [0.2, 0.25) is 5.88 Å². The first-order valence-electron chi connectivity index (χ1n) is 12.3. The van der Waals surface area contributed by atoms with E-state index in [9.17, 15) is 14.4 Å². The molecule has 14 heteroatoms. The van der Waals surface area contributed by atoms with Crippen LogP contribution in [0.2, 0.25) is 10.0 Å². The minimum atomic E-state index is -0.806. The van der Waals surface area contributed by atoms with Gasteiger partial charge in [0.25, 0.3) is 11.4 Å². The number of hydrogen-bond acceptors (Lipinski definition) is 9. The van der Waals surface area contributed by atoms with E-state index in [1.165, 1.54) is 32.4 Å². The van der Waals surface area contributed by atoms with Gasteiger partial charge >= 0.3 is 11.2 Å². The number of nitrogens with zero attached hydrogens (tertiary/aromatic N) is 5. The van der Waals surface area contributed by atoms with E-state index in [0.29, 0.717) is 5.56 Å². The van der Waals surface area contributed by atoms with E-state index >= 15 is 0 Å². The number of halogens is 2. The summed E-state index contributed by atoms with van der Waals surface area (Å²) >= 11 is 13.0. The summed E-state index contributed by atoms with van der Waals surface area (Å²) in [6, 6.07) is 13.5. The molecule has 0 aliphatic carbocycles. The maximum Gasteiger partial charge on any atom is 0.354 e. The highest BCUT2D eigenvalue weighted by Gasteiger charge is 2.20. The van der Waals surface area contributed by atoms with Crippen molar-refractivity contribution in [1.29, 1.82) is 0 Å². The van der Waals surface area contributed by atoms with Crippen molar-refractivity contribution in [1.82, 2.24) is 24.1 Å². The maximum absolute atomic E-state index is 13.3. The Morgan fingerprint density at radius 3 is 2.20 bits per heavy atom. The summed E-state index contributed by atoms with van der Waals surface area (Å²) in [5.41, 5.74) is -0.437. The van der Waals surface area contributed by atoms with Crippen LogP contribution in [0.4, 0.5) is 0 Å². The van der Waals surface area contributed by atoms with Gasteiger partial charge in [0.1, 0.15) is 13.5 Å². The van der Waals surface area contributed by atoms with Gasteiger partial charge < -0.3 is 18.9 Å². The minimum absolute atomic E-state index is 0.00985. The van der Waals surface area contributed by atoms with E-state index in [1.54, 1.807) is 0 Å². The van der Waals surface area contributed by atoms with Crippen molar-refractivity contribution in [3.05, 3.63) is 101 Å². The molecule has 0 aliphatic rings. The smallest absolute Gasteiger partial charge is 0.354 e. The van der Waals surface area contributed by atoms with Gasteiger partial charge in [-0.3, -0.25) is 9.59 Å². The van der Waals surface area contributed by atoms with Crippen LogP contribution in [0.3, 0.4) is 0 Å². The van der Waals surface area contributed by atoms with E-state index in [-0.39, 0.29) is 64.8 Å². The van der Waals surface area contributed by atoms with Crippen LogP contribution in [0.1, 0.15) is 30.9 Å². The molecule has 0 radical (unpaired) electrons. The number of benzene rings is 2. The first-order valence-corrected chi connectivity index (χ1v) is 13.1. The number of methoxy groups -OCH3 is 2. The van der Waals surface area contributed by atoms with E-state index < -0.39 is 11.2 Å². The summed E-state index contributed by atoms with van der Waals surface area (Å²) in [5.74, 6) is -0.375. The molecule has 0 saturated heterocycles. The Balaban J connectivity index is 1.69. The minimum Gasteiger partial charge on any atom is -0.476 e. The fraction of sp³-hybridized carbons (Fsp3) is 0.296. The Hall–Kier alpha value is -3.97. The van der Waals surface area contributed by atoms with E-state index in [4.69, 9.17) is 42.1 Å². The van der Waals surface area contributed by atoms with Crippen LogP contribution in [0, 0.1) is 0 Å². The standard InChI is InChI=1S/C27H27Cl2N5O7/c1-16(2)19-12-22(30-33(15-38-3)25(19)35)41-23-20(28)10-18(11-21(23)29)34-27(37)32(26(36)24(31-34)39-4)14-40-13-17-8-6-5-7-9-17/h5-12,16H,13-15H2,1-4H3. The predicted molar refractivity (Wildman–Crippen MR) is 152 cm³/mol. The van der Waals surface area contributed by atoms with Crippen molar-refractivity contribution in [2.45, 2.75) is 39.8 Å². The Labute approximate surface area is 244 Å². The second-order valence-corrected chi connectivity index (χ2v) is 9.87. The Morgan fingerprint density at radius 1 is 0.902 bits per heavy atom. The Bertz CT molecular complexity index is 1700. The quantitative estimate of drug-likeness (QED) is 0.250. The summed E-state index contributed by atoms with van der Waals surface area (Å²) in [6.45, 7) is 3.45. The molecule has 0 N–H and O–H groups in total. The number of aromatic nitrogens is 5. The summed E-state index contributed by atoms with van der Waals surface area (Å²) in [5, 5.41) is 8.22. The topological polar surface area (TPSA) is 129 Å². The predicted octanol–water partition coefficient (Wildman–Crippen LogP) is 3.96. The lowest BCUT2D eigenvalue weighted by Crippen LogP contribution is -2.41. The number of ether oxygens (including phenoxy) is 4. The van der Waals surface area contributed by atoms with Crippen molar-refractivity contribution in [3.63, 3.8) is 0 Å². The Kier molecular flexibility index (Phi) is 9.61. The van der Waals surface area contributed by atoms with Crippen LogP contribution in [0.25, 0.3) is 5.69 Å². The molecule has 0 saturated carbocycles. The molecule has 4 rings (SSSR count). The van der Waals surface area contributed by atoms with Crippen LogP contribution < -0.4 is 26.3 Å². The van der Waals surface area contributed by atoms with Gasteiger partial charge in [-0.2, -0.15) is 9.36 Å². The second kappa shape index (κ2) is 13.1. The van der Waals surface area contributed by atoms with Crippen molar-refractivity contribution in [2.24, 2.45) is 0 Å². The normalized spacial score (nSPS) is 11.2. The summed E-state index contributed by atoms with van der Waals surface area (Å²) < 4.78 is 24.5. The second-order valence-electron chi connectivity index (χ2n) is 9.06. The fourth-order valence-electron chi connectivity index (χ4n) is 3.81. The average molecular weight is 604 g/mol. The highest BCUT2D eigenvalue weighted by atomic mass is 35.5. The lowest BCUT2D eigenvalue weighted by molar-refractivity contribution is 0.0568. The molecule has 12 nitrogen and oxygen atoms in total. The maximum atomic E-state index is 13.3. The van der Waals surface area contributed by atoms with Gasteiger partial charge in [0, 0.05) is 18.7 Å². The molecule has 2 heterocycles. The van der Waals surface area contributed by atoms with E-state index in [2.05, 4.69) is 10.2 Å². The summed E-state index contributed by atoms with van der Waals surface area (Å²) in [6.07, 6.45) is 0. The molecular formula is C27H27Cl2N5O7. The zero-order chi connectivity index (χ0) is 29.7. The third-order valence-electron chi connectivity index (χ3n) is 5.84. The van der Waals surface area contributed by atoms with Crippen molar-refractivity contribution >= 4 is 23.2 Å². The molecule has 2 aromatic heterocycles. The molecular weight excluding hydrogens is 577 g/mol. The molecule has 0 amide bonds. The highest BCUT2D eigenvalue weighted by molar-refractivity contribution is 6.37. The highest BCUT2D eigenvalue weighted by Crippen LogP contribution is 2.37. The number of rotatable bonds is 11. The zero-order valence-electron chi connectivity index (χ0n) is 22.7. The molecule has 0 bridgehead atoms. The van der Waals surface area contributed by atoms with Crippen molar-refractivity contribution in [2.75, 3.05) is 14.2 Å². The fourth-order valence-corrected chi connectivity index (χ4v) is 4.37. The molecule has 4 aromatic rings. The van der Waals surface area contributed by atoms with Crippen LogP contribution >= 0.6 is 23.2 Å². The van der Waals surface area contributed by atoms with Gasteiger partial charge in [-0.15, -0.1) is 10.2 Å². The lowest BCUT2D eigenvalue weighted by Gasteiger charge is -2.15. The zero-order valence-corrected chi connectivity index (χ0v) is 24.2. The van der Waals surface area contributed by atoms with Gasteiger partial charge in [0.15, 0.2) is 5.75 Å². The molecule has 216 valence electrons. The lowest BCUT2D eigenvalue weighted by atomic mass is 10.1. The van der Waals surface area contributed by atoms with Gasteiger partial charge in [-0.05, 0) is 23.6 Å².